The molecule has 1 aliphatic rings. The van der Waals surface area contributed by atoms with Crippen LogP contribution in [0.25, 0.3) is 0 Å². The monoisotopic (exact) mass is 256 g/mol. The first-order valence-electron chi connectivity index (χ1n) is 5.81. The minimum Gasteiger partial charge on any atom is -0.493 e. The van der Waals surface area contributed by atoms with E-state index in [1.807, 2.05) is 6.07 Å². The molecule has 1 aromatic carbocycles. The van der Waals surface area contributed by atoms with E-state index in [4.69, 9.17) is 21.1 Å². The lowest BCUT2D eigenvalue weighted by atomic mass is 10.1. The Morgan fingerprint density at radius 2 is 2.18 bits per heavy atom. The Bertz CT molecular complexity index is 400. The Labute approximate surface area is 106 Å². The molecular formula is C13H17ClO3. The first-order valence-corrected chi connectivity index (χ1v) is 6.19. The third-order valence-electron chi connectivity index (χ3n) is 2.64. The van der Waals surface area contributed by atoms with Gasteiger partial charge in [-0.15, -0.1) is 0 Å². The largest absolute Gasteiger partial charge is 0.493 e. The van der Waals surface area contributed by atoms with Crippen molar-refractivity contribution in [2.75, 3.05) is 7.11 Å². The Balaban J connectivity index is 2.33. The van der Waals surface area contributed by atoms with Crippen molar-refractivity contribution in [3.05, 3.63) is 22.7 Å². The van der Waals surface area contributed by atoms with Crippen LogP contribution in [0.1, 0.15) is 25.3 Å². The average molecular weight is 257 g/mol. The molecule has 1 aliphatic carbocycles. The van der Waals surface area contributed by atoms with Gasteiger partial charge in [-0.3, -0.25) is 0 Å². The van der Waals surface area contributed by atoms with Crippen LogP contribution in [0, 0.1) is 0 Å². The van der Waals surface area contributed by atoms with Gasteiger partial charge in [0.15, 0.2) is 11.5 Å². The zero-order valence-electron chi connectivity index (χ0n) is 10.1. The second-order valence-corrected chi connectivity index (χ2v) is 4.90. The molecule has 0 bridgehead atoms. The molecule has 1 saturated carbocycles. The summed E-state index contributed by atoms with van der Waals surface area (Å²) >= 11 is 6.02. The molecule has 0 amide bonds. The molecule has 2 rings (SSSR count). The number of hydrogen-bond acceptors (Lipinski definition) is 3. The molecule has 1 unspecified atom stereocenters. The summed E-state index contributed by atoms with van der Waals surface area (Å²) in [6.45, 7) is 1.74. The third kappa shape index (κ3) is 3.27. The summed E-state index contributed by atoms with van der Waals surface area (Å²) in [7, 11) is 1.59. The SMILES string of the molecule is COc1cc(Cl)cc(CC(C)O)c1OC1CC1. The van der Waals surface area contributed by atoms with Crippen LogP contribution in [0.2, 0.25) is 5.02 Å². The summed E-state index contributed by atoms with van der Waals surface area (Å²) in [5.41, 5.74) is 0.899. The van der Waals surface area contributed by atoms with E-state index >= 15 is 0 Å². The first kappa shape index (κ1) is 12.5. The normalized spacial score (nSPS) is 16.7. The van der Waals surface area contributed by atoms with Gasteiger partial charge >= 0.3 is 0 Å². The number of ether oxygens (including phenoxy) is 2. The van der Waals surface area contributed by atoms with Crippen LogP contribution in [0.4, 0.5) is 0 Å². The van der Waals surface area contributed by atoms with Crippen LogP contribution >= 0.6 is 11.6 Å². The maximum atomic E-state index is 9.50. The van der Waals surface area contributed by atoms with Crippen molar-refractivity contribution in [3.63, 3.8) is 0 Å². The Kier molecular flexibility index (Phi) is 3.79. The van der Waals surface area contributed by atoms with Crippen molar-refractivity contribution in [2.45, 2.75) is 38.4 Å². The lowest BCUT2D eigenvalue weighted by Gasteiger charge is -2.16. The lowest BCUT2D eigenvalue weighted by Crippen LogP contribution is -2.08. The van der Waals surface area contributed by atoms with Crippen LogP contribution in [0.3, 0.4) is 0 Å². The summed E-state index contributed by atoms with van der Waals surface area (Å²) in [6, 6.07) is 3.57. The zero-order valence-corrected chi connectivity index (χ0v) is 10.8. The minimum absolute atomic E-state index is 0.290. The highest BCUT2D eigenvalue weighted by Gasteiger charge is 2.26. The smallest absolute Gasteiger partial charge is 0.164 e. The van der Waals surface area contributed by atoms with Gasteiger partial charge in [0.1, 0.15) is 0 Å². The van der Waals surface area contributed by atoms with Crippen LogP contribution in [0.5, 0.6) is 11.5 Å². The van der Waals surface area contributed by atoms with Crippen LogP contribution in [-0.4, -0.2) is 24.4 Å². The van der Waals surface area contributed by atoms with Gasteiger partial charge in [0.05, 0.1) is 19.3 Å². The highest BCUT2D eigenvalue weighted by atomic mass is 35.5. The van der Waals surface area contributed by atoms with Crippen molar-refractivity contribution >= 4 is 11.6 Å². The number of aliphatic hydroxyl groups is 1. The number of rotatable bonds is 5. The molecule has 0 radical (unpaired) electrons. The molecule has 0 spiro atoms. The van der Waals surface area contributed by atoms with E-state index < -0.39 is 6.10 Å². The van der Waals surface area contributed by atoms with Gasteiger partial charge in [-0.05, 0) is 25.8 Å². The van der Waals surface area contributed by atoms with Gasteiger partial charge in [0.2, 0.25) is 0 Å². The second-order valence-electron chi connectivity index (χ2n) is 4.47. The molecule has 1 N–H and O–H groups in total. The predicted octanol–water partition coefficient (Wildman–Crippen LogP) is 2.81. The predicted molar refractivity (Wildman–Crippen MR) is 67.0 cm³/mol. The number of hydrogen-bond donors (Lipinski definition) is 1. The quantitative estimate of drug-likeness (QED) is 0.881. The fraction of sp³-hybridized carbons (Fsp3) is 0.538. The van der Waals surface area contributed by atoms with E-state index in [1.54, 1.807) is 20.1 Å². The first-order chi connectivity index (χ1) is 8.10. The van der Waals surface area contributed by atoms with Gasteiger partial charge in [-0.25, -0.2) is 0 Å². The number of methoxy groups -OCH3 is 1. The molecular weight excluding hydrogens is 240 g/mol. The average Bonchev–Trinajstić information content (AvgIpc) is 3.04. The molecule has 1 aromatic rings. The fourth-order valence-corrected chi connectivity index (χ4v) is 1.96. The maximum Gasteiger partial charge on any atom is 0.164 e. The van der Waals surface area contributed by atoms with Gasteiger partial charge < -0.3 is 14.6 Å². The van der Waals surface area contributed by atoms with E-state index in [0.717, 1.165) is 24.2 Å². The molecule has 0 aliphatic heterocycles. The topological polar surface area (TPSA) is 38.7 Å². The van der Waals surface area contributed by atoms with Crippen molar-refractivity contribution < 1.29 is 14.6 Å². The van der Waals surface area contributed by atoms with E-state index in [9.17, 15) is 5.11 Å². The number of aliphatic hydroxyl groups excluding tert-OH is 1. The van der Waals surface area contributed by atoms with Crippen molar-refractivity contribution in [1.82, 2.24) is 0 Å². The Morgan fingerprint density at radius 3 is 2.71 bits per heavy atom. The van der Waals surface area contributed by atoms with E-state index in [2.05, 4.69) is 0 Å². The molecule has 17 heavy (non-hydrogen) atoms. The Hall–Kier alpha value is -0.930. The van der Waals surface area contributed by atoms with Gasteiger partial charge in [-0.2, -0.15) is 0 Å². The maximum absolute atomic E-state index is 9.50. The van der Waals surface area contributed by atoms with Gasteiger partial charge in [-0.1, -0.05) is 11.6 Å². The fourth-order valence-electron chi connectivity index (χ4n) is 1.73. The molecule has 1 atom stereocenters. The van der Waals surface area contributed by atoms with Crippen molar-refractivity contribution in [2.24, 2.45) is 0 Å². The zero-order chi connectivity index (χ0) is 12.4. The van der Waals surface area contributed by atoms with Gasteiger partial charge in [0, 0.05) is 23.1 Å². The molecule has 94 valence electrons. The van der Waals surface area contributed by atoms with Crippen LogP contribution < -0.4 is 9.47 Å². The van der Waals surface area contributed by atoms with Crippen molar-refractivity contribution in [1.29, 1.82) is 0 Å². The summed E-state index contributed by atoms with van der Waals surface area (Å²) in [5.74, 6) is 1.36. The highest BCUT2D eigenvalue weighted by molar-refractivity contribution is 6.30. The standard InChI is InChI=1S/C13H17ClO3/c1-8(15)5-9-6-10(14)7-12(16-2)13(9)17-11-3-4-11/h6-8,11,15H,3-5H2,1-2H3. The van der Waals surface area contributed by atoms with Crippen molar-refractivity contribution in [3.8, 4) is 11.5 Å². The van der Waals surface area contributed by atoms with Crippen LogP contribution in [-0.2, 0) is 6.42 Å². The third-order valence-corrected chi connectivity index (χ3v) is 2.86. The van der Waals surface area contributed by atoms with E-state index in [-0.39, 0.29) is 6.10 Å². The number of benzene rings is 1. The summed E-state index contributed by atoms with van der Waals surface area (Å²) < 4.78 is 11.1. The highest BCUT2D eigenvalue weighted by Crippen LogP contribution is 2.39. The number of halogens is 1. The van der Waals surface area contributed by atoms with Gasteiger partial charge in [0.25, 0.3) is 0 Å². The van der Waals surface area contributed by atoms with Crippen LogP contribution in [0.15, 0.2) is 12.1 Å². The van der Waals surface area contributed by atoms with E-state index in [1.165, 1.54) is 0 Å². The lowest BCUT2D eigenvalue weighted by molar-refractivity contribution is 0.192. The Morgan fingerprint density at radius 1 is 1.47 bits per heavy atom. The molecule has 0 saturated heterocycles. The second kappa shape index (κ2) is 5.15. The minimum atomic E-state index is -0.431. The molecule has 0 heterocycles. The molecule has 4 heteroatoms. The molecule has 3 nitrogen and oxygen atoms in total. The summed E-state index contributed by atoms with van der Waals surface area (Å²) in [4.78, 5) is 0. The van der Waals surface area contributed by atoms with E-state index in [0.29, 0.717) is 17.2 Å². The molecule has 0 aromatic heterocycles. The molecule has 1 fully saturated rings. The summed E-state index contributed by atoms with van der Waals surface area (Å²) in [5, 5.41) is 10.1. The summed E-state index contributed by atoms with van der Waals surface area (Å²) in [6.07, 6.45) is 2.54.